The van der Waals surface area contributed by atoms with Crippen molar-refractivity contribution in [2.75, 3.05) is 0 Å². The molecule has 0 radical (unpaired) electrons. The number of hydrogen-bond acceptors (Lipinski definition) is 1. The van der Waals surface area contributed by atoms with Gasteiger partial charge in [0.15, 0.2) is 0 Å². The SMILES string of the molecule is CCc1nccn1CC#Cc1ccc(-c2ccc(CC3CCCC3)cc2)cc1. The number of aromatic nitrogens is 2. The van der Waals surface area contributed by atoms with Crippen LogP contribution in [0.15, 0.2) is 60.9 Å². The molecule has 2 heteroatoms. The fourth-order valence-electron chi connectivity index (χ4n) is 4.15. The number of rotatable bonds is 5. The quantitative estimate of drug-likeness (QED) is 0.513. The van der Waals surface area contributed by atoms with E-state index in [2.05, 4.69) is 76.8 Å². The van der Waals surface area contributed by atoms with Crippen LogP contribution in [0.2, 0.25) is 0 Å². The van der Waals surface area contributed by atoms with Gasteiger partial charge in [-0.15, -0.1) is 0 Å². The maximum absolute atomic E-state index is 4.34. The third-order valence-electron chi connectivity index (χ3n) is 5.77. The molecule has 0 aliphatic heterocycles. The third-order valence-corrected chi connectivity index (χ3v) is 5.77. The highest BCUT2D eigenvalue weighted by molar-refractivity contribution is 5.64. The summed E-state index contributed by atoms with van der Waals surface area (Å²) in [6.07, 6.45) is 11.7. The van der Waals surface area contributed by atoms with E-state index >= 15 is 0 Å². The topological polar surface area (TPSA) is 17.8 Å². The molecule has 0 N–H and O–H groups in total. The molecule has 0 atom stereocenters. The number of benzene rings is 2. The van der Waals surface area contributed by atoms with Crippen LogP contribution in [0.4, 0.5) is 0 Å². The molecule has 0 amide bonds. The highest BCUT2D eigenvalue weighted by Crippen LogP contribution is 2.29. The van der Waals surface area contributed by atoms with Crippen molar-refractivity contribution in [3.8, 4) is 23.0 Å². The van der Waals surface area contributed by atoms with E-state index in [-0.39, 0.29) is 0 Å². The summed E-state index contributed by atoms with van der Waals surface area (Å²) < 4.78 is 2.11. The summed E-state index contributed by atoms with van der Waals surface area (Å²) >= 11 is 0. The van der Waals surface area contributed by atoms with Gasteiger partial charge in [0.05, 0.1) is 6.54 Å². The molecular weight excluding hydrogens is 340 g/mol. The average Bonchev–Trinajstić information content (AvgIpc) is 3.41. The standard InChI is InChI=1S/C26H28N2/c1-2-26-27-17-19-28(26)18-5-8-21-9-13-24(14-10-21)25-15-11-23(12-16-25)20-22-6-3-4-7-22/h9-17,19,22H,2-4,6-7,18,20H2,1H3. The van der Waals surface area contributed by atoms with Crippen molar-refractivity contribution < 1.29 is 0 Å². The van der Waals surface area contributed by atoms with Crippen molar-refractivity contribution in [3.05, 3.63) is 77.9 Å². The second-order valence-electron chi connectivity index (χ2n) is 7.76. The normalized spacial score (nSPS) is 14.0. The Hall–Kier alpha value is -2.79. The minimum absolute atomic E-state index is 0.688. The van der Waals surface area contributed by atoms with Crippen molar-refractivity contribution in [1.82, 2.24) is 9.55 Å². The van der Waals surface area contributed by atoms with Gasteiger partial charge in [0.2, 0.25) is 0 Å². The van der Waals surface area contributed by atoms with E-state index in [4.69, 9.17) is 0 Å². The zero-order valence-corrected chi connectivity index (χ0v) is 16.7. The molecule has 0 spiro atoms. The molecule has 1 fully saturated rings. The van der Waals surface area contributed by atoms with Crippen LogP contribution in [-0.2, 0) is 19.4 Å². The lowest BCUT2D eigenvalue weighted by molar-refractivity contribution is 0.546. The number of nitrogens with zero attached hydrogens (tertiary/aromatic N) is 2. The molecule has 3 aromatic rings. The number of imidazole rings is 1. The molecule has 2 nitrogen and oxygen atoms in total. The predicted octanol–water partition coefficient (Wildman–Crippen LogP) is 5.90. The summed E-state index contributed by atoms with van der Waals surface area (Å²) in [6, 6.07) is 17.7. The Morgan fingerprint density at radius 3 is 2.32 bits per heavy atom. The Kier molecular flexibility index (Phi) is 5.92. The van der Waals surface area contributed by atoms with Crippen LogP contribution < -0.4 is 0 Å². The second kappa shape index (κ2) is 8.93. The molecule has 1 aliphatic rings. The molecule has 0 unspecified atom stereocenters. The molecule has 0 saturated heterocycles. The lowest BCUT2D eigenvalue weighted by atomic mass is 9.96. The first-order valence-electron chi connectivity index (χ1n) is 10.5. The predicted molar refractivity (Wildman–Crippen MR) is 116 cm³/mol. The van der Waals surface area contributed by atoms with Gasteiger partial charge in [0, 0.05) is 24.4 Å². The van der Waals surface area contributed by atoms with Gasteiger partial charge in [0.1, 0.15) is 5.82 Å². The Morgan fingerprint density at radius 1 is 0.964 bits per heavy atom. The monoisotopic (exact) mass is 368 g/mol. The largest absolute Gasteiger partial charge is 0.323 e. The first kappa shape index (κ1) is 18.6. The average molecular weight is 369 g/mol. The molecule has 1 aliphatic carbocycles. The fourth-order valence-corrected chi connectivity index (χ4v) is 4.15. The van der Waals surface area contributed by atoms with E-state index in [0.29, 0.717) is 6.54 Å². The first-order chi connectivity index (χ1) is 13.8. The first-order valence-corrected chi connectivity index (χ1v) is 10.5. The Labute approximate surface area is 168 Å². The van der Waals surface area contributed by atoms with Crippen molar-refractivity contribution >= 4 is 0 Å². The van der Waals surface area contributed by atoms with Gasteiger partial charge in [-0.05, 0) is 41.2 Å². The van der Waals surface area contributed by atoms with Crippen LogP contribution in [0.1, 0.15) is 49.6 Å². The molecule has 28 heavy (non-hydrogen) atoms. The van der Waals surface area contributed by atoms with Crippen LogP contribution in [-0.4, -0.2) is 9.55 Å². The number of aryl methyl sites for hydroxylation is 1. The van der Waals surface area contributed by atoms with E-state index in [9.17, 15) is 0 Å². The Balaban J connectivity index is 1.38. The van der Waals surface area contributed by atoms with Gasteiger partial charge in [0.25, 0.3) is 0 Å². The molecule has 0 bridgehead atoms. The lowest BCUT2D eigenvalue weighted by Crippen LogP contribution is -2.00. The maximum atomic E-state index is 4.34. The Bertz CT molecular complexity index is 946. The Morgan fingerprint density at radius 2 is 1.64 bits per heavy atom. The second-order valence-corrected chi connectivity index (χ2v) is 7.76. The van der Waals surface area contributed by atoms with E-state index in [1.807, 2.05) is 12.4 Å². The summed E-state index contributed by atoms with van der Waals surface area (Å²) in [4.78, 5) is 4.34. The van der Waals surface area contributed by atoms with Gasteiger partial charge >= 0.3 is 0 Å². The summed E-state index contributed by atoms with van der Waals surface area (Å²) in [6.45, 7) is 2.81. The van der Waals surface area contributed by atoms with Crippen LogP contribution in [0.5, 0.6) is 0 Å². The van der Waals surface area contributed by atoms with Crippen molar-refractivity contribution in [2.24, 2.45) is 5.92 Å². The van der Waals surface area contributed by atoms with Gasteiger partial charge in [-0.25, -0.2) is 4.98 Å². The summed E-state index contributed by atoms with van der Waals surface area (Å²) in [7, 11) is 0. The zero-order chi connectivity index (χ0) is 19.2. The van der Waals surface area contributed by atoms with E-state index in [1.54, 1.807) is 0 Å². The van der Waals surface area contributed by atoms with Crippen LogP contribution >= 0.6 is 0 Å². The zero-order valence-electron chi connectivity index (χ0n) is 16.7. The molecule has 1 heterocycles. The highest BCUT2D eigenvalue weighted by Gasteiger charge is 2.15. The van der Waals surface area contributed by atoms with E-state index in [1.165, 1.54) is 48.8 Å². The number of hydrogen-bond donors (Lipinski definition) is 0. The molecule has 1 aromatic heterocycles. The minimum atomic E-state index is 0.688. The molecule has 1 saturated carbocycles. The molecule has 4 rings (SSSR count). The summed E-state index contributed by atoms with van der Waals surface area (Å²) in [5, 5.41) is 0. The van der Waals surface area contributed by atoms with E-state index in [0.717, 1.165) is 23.7 Å². The van der Waals surface area contributed by atoms with Crippen molar-refractivity contribution in [2.45, 2.75) is 52.0 Å². The smallest absolute Gasteiger partial charge is 0.109 e. The van der Waals surface area contributed by atoms with Gasteiger partial charge in [-0.2, -0.15) is 0 Å². The molecular formula is C26H28N2. The lowest BCUT2D eigenvalue weighted by Gasteiger charge is -2.09. The fraction of sp³-hybridized carbons (Fsp3) is 0.346. The minimum Gasteiger partial charge on any atom is -0.323 e. The van der Waals surface area contributed by atoms with Gasteiger partial charge < -0.3 is 4.57 Å². The van der Waals surface area contributed by atoms with Crippen LogP contribution in [0.25, 0.3) is 11.1 Å². The van der Waals surface area contributed by atoms with Crippen molar-refractivity contribution in [3.63, 3.8) is 0 Å². The van der Waals surface area contributed by atoms with Crippen LogP contribution in [0, 0.1) is 17.8 Å². The summed E-state index contributed by atoms with van der Waals surface area (Å²) in [5.74, 6) is 8.50. The maximum Gasteiger partial charge on any atom is 0.109 e. The third kappa shape index (κ3) is 4.54. The highest BCUT2D eigenvalue weighted by atomic mass is 15.0. The van der Waals surface area contributed by atoms with Gasteiger partial charge in [-0.1, -0.05) is 80.8 Å². The molecule has 142 valence electrons. The van der Waals surface area contributed by atoms with Gasteiger partial charge in [-0.3, -0.25) is 0 Å². The molecule has 2 aromatic carbocycles. The summed E-state index contributed by atoms with van der Waals surface area (Å²) in [5.41, 5.74) is 5.06. The van der Waals surface area contributed by atoms with Crippen molar-refractivity contribution in [1.29, 1.82) is 0 Å². The van der Waals surface area contributed by atoms with E-state index < -0.39 is 0 Å². The van der Waals surface area contributed by atoms with Crippen LogP contribution in [0.3, 0.4) is 0 Å².